The number of rotatable bonds is 3. The van der Waals surface area contributed by atoms with Crippen molar-refractivity contribution >= 4 is 5.69 Å². The number of hydrogen-bond acceptors (Lipinski definition) is 4. The minimum atomic E-state index is 0.194. The van der Waals surface area contributed by atoms with E-state index in [0.717, 1.165) is 11.4 Å². The lowest BCUT2D eigenvalue weighted by Gasteiger charge is -2.13. The van der Waals surface area contributed by atoms with E-state index < -0.39 is 0 Å². The minimum Gasteiger partial charge on any atom is -0.376 e. The van der Waals surface area contributed by atoms with Gasteiger partial charge in [0, 0.05) is 18.8 Å². The fraction of sp³-hybridized carbons (Fsp3) is 0.364. The van der Waals surface area contributed by atoms with Gasteiger partial charge in [0.1, 0.15) is 6.33 Å². The van der Waals surface area contributed by atoms with E-state index in [4.69, 9.17) is 0 Å². The molecule has 2 aromatic heterocycles. The zero-order valence-electron chi connectivity index (χ0n) is 9.68. The van der Waals surface area contributed by atoms with Crippen LogP contribution in [0.5, 0.6) is 0 Å². The maximum atomic E-state index is 4.32. The van der Waals surface area contributed by atoms with E-state index in [9.17, 15) is 0 Å². The highest BCUT2D eigenvalue weighted by atomic mass is 15.3. The number of nitrogens with zero attached hydrogens (tertiary/aromatic N) is 4. The second kappa shape index (κ2) is 4.30. The summed E-state index contributed by atoms with van der Waals surface area (Å²) < 4.78 is 1.82. The van der Waals surface area contributed by atoms with Crippen LogP contribution in [0.4, 0.5) is 5.69 Å². The quantitative estimate of drug-likeness (QED) is 0.850. The van der Waals surface area contributed by atoms with Gasteiger partial charge in [0.2, 0.25) is 0 Å². The SMILES string of the molecule is Cc1nn(C)cc1C(C)Nc1cncnc1. The summed E-state index contributed by atoms with van der Waals surface area (Å²) in [5, 5.41) is 7.65. The van der Waals surface area contributed by atoms with Gasteiger partial charge in [-0.25, -0.2) is 9.97 Å². The third-order valence-electron chi connectivity index (χ3n) is 2.46. The van der Waals surface area contributed by atoms with Crippen LogP contribution >= 0.6 is 0 Å². The van der Waals surface area contributed by atoms with Crippen molar-refractivity contribution in [3.8, 4) is 0 Å². The smallest absolute Gasteiger partial charge is 0.115 e. The van der Waals surface area contributed by atoms with E-state index in [-0.39, 0.29) is 6.04 Å². The van der Waals surface area contributed by atoms with Crippen LogP contribution in [-0.4, -0.2) is 19.7 Å². The van der Waals surface area contributed by atoms with E-state index >= 15 is 0 Å². The van der Waals surface area contributed by atoms with Crippen molar-refractivity contribution in [3.63, 3.8) is 0 Å². The molecule has 0 fully saturated rings. The Balaban J connectivity index is 2.14. The van der Waals surface area contributed by atoms with Crippen molar-refractivity contribution in [2.75, 3.05) is 5.32 Å². The summed E-state index contributed by atoms with van der Waals surface area (Å²) in [5.41, 5.74) is 3.14. The summed E-state index contributed by atoms with van der Waals surface area (Å²) in [4.78, 5) is 7.93. The van der Waals surface area contributed by atoms with E-state index in [1.54, 1.807) is 12.4 Å². The topological polar surface area (TPSA) is 55.6 Å². The normalized spacial score (nSPS) is 12.4. The minimum absolute atomic E-state index is 0.194. The van der Waals surface area contributed by atoms with Crippen molar-refractivity contribution in [1.82, 2.24) is 19.7 Å². The highest BCUT2D eigenvalue weighted by Crippen LogP contribution is 2.19. The van der Waals surface area contributed by atoms with Gasteiger partial charge in [0.15, 0.2) is 0 Å². The average Bonchev–Trinajstić information content (AvgIpc) is 2.59. The molecule has 1 atom stereocenters. The molecule has 5 heteroatoms. The van der Waals surface area contributed by atoms with Gasteiger partial charge in [0.05, 0.1) is 29.8 Å². The molecule has 0 bridgehead atoms. The van der Waals surface area contributed by atoms with Crippen LogP contribution in [0, 0.1) is 6.92 Å². The maximum absolute atomic E-state index is 4.32. The molecule has 0 aliphatic heterocycles. The first-order valence-corrected chi connectivity index (χ1v) is 5.18. The van der Waals surface area contributed by atoms with Crippen LogP contribution < -0.4 is 5.32 Å². The Morgan fingerprint density at radius 3 is 2.56 bits per heavy atom. The van der Waals surface area contributed by atoms with Crippen molar-refractivity contribution in [2.45, 2.75) is 19.9 Å². The molecule has 5 nitrogen and oxygen atoms in total. The molecule has 2 heterocycles. The summed E-state index contributed by atoms with van der Waals surface area (Å²) in [5.74, 6) is 0. The standard InChI is InChI=1S/C11H15N5/c1-8(11-6-16(3)15-9(11)2)14-10-4-12-7-13-5-10/h4-8,14H,1-3H3. The summed E-state index contributed by atoms with van der Waals surface area (Å²) in [6.45, 7) is 4.10. The third kappa shape index (κ3) is 2.18. The van der Waals surface area contributed by atoms with E-state index in [1.165, 1.54) is 11.9 Å². The molecular formula is C11H15N5. The van der Waals surface area contributed by atoms with Gasteiger partial charge in [-0.2, -0.15) is 5.10 Å². The lowest BCUT2D eigenvalue weighted by molar-refractivity contribution is 0.756. The molecule has 16 heavy (non-hydrogen) atoms. The summed E-state index contributed by atoms with van der Waals surface area (Å²) >= 11 is 0. The summed E-state index contributed by atoms with van der Waals surface area (Å²) in [7, 11) is 1.93. The van der Waals surface area contributed by atoms with Gasteiger partial charge in [-0.3, -0.25) is 4.68 Å². The number of aromatic nitrogens is 4. The molecule has 84 valence electrons. The number of anilines is 1. The molecule has 0 aliphatic carbocycles. The molecule has 1 unspecified atom stereocenters. The third-order valence-corrected chi connectivity index (χ3v) is 2.46. The molecule has 0 radical (unpaired) electrons. The van der Waals surface area contributed by atoms with Gasteiger partial charge in [-0.15, -0.1) is 0 Å². The fourth-order valence-electron chi connectivity index (χ4n) is 1.74. The lowest BCUT2D eigenvalue weighted by Crippen LogP contribution is -2.07. The van der Waals surface area contributed by atoms with Crippen molar-refractivity contribution in [2.24, 2.45) is 7.05 Å². The molecule has 0 saturated carbocycles. The molecule has 1 N–H and O–H groups in total. The lowest BCUT2D eigenvalue weighted by atomic mass is 10.1. The average molecular weight is 217 g/mol. The Bertz CT molecular complexity index is 462. The molecular weight excluding hydrogens is 202 g/mol. The molecule has 0 aromatic carbocycles. The van der Waals surface area contributed by atoms with Gasteiger partial charge in [-0.05, 0) is 13.8 Å². The second-order valence-electron chi connectivity index (χ2n) is 3.84. The van der Waals surface area contributed by atoms with E-state index in [2.05, 4.69) is 27.3 Å². The molecule has 0 amide bonds. The van der Waals surface area contributed by atoms with Crippen molar-refractivity contribution < 1.29 is 0 Å². The first kappa shape index (κ1) is 10.6. The van der Waals surface area contributed by atoms with Gasteiger partial charge >= 0.3 is 0 Å². The van der Waals surface area contributed by atoms with E-state index in [1.807, 2.05) is 24.9 Å². The predicted octanol–water partition coefficient (Wildman–Crippen LogP) is 1.69. The predicted molar refractivity (Wildman–Crippen MR) is 62.0 cm³/mol. The van der Waals surface area contributed by atoms with Gasteiger partial charge in [0.25, 0.3) is 0 Å². The largest absolute Gasteiger partial charge is 0.376 e. The van der Waals surface area contributed by atoms with Crippen LogP contribution in [0.2, 0.25) is 0 Å². The van der Waals surface area contributed by atoms with Crippen LogP contribution in [0.25, 0.3) is 0 Å². The number of nitrogens with one attached hydrogen (secondary N) is 1. The zero-order valence-corrected chi connectivity index (χ0v) is 9.68. The summed E-state index contributed by atoms with van der Waals surface area (Å²) in [6.07, 6.45) is 7.06. The molecule has 0 aliphatic rings. The summed E-state index contributed by atoms with van der Waals surface area (Å²) in [6, 6.07) is 0.194. The Hall–Kier alpha value is -1.91. The second-order valence-corrected chi connectivity index (χ2v) is 3.84. The van der Waals surface area contributed by atoms with Crippen LogP contribution in [0.15, 0.2) is 24.9 Å². The van der Waals surface area contributed by atoms with Crippen LogP contribution in [0.3, 0.4) is 0 Å². The van der Waals surface area contributed by atoms with Gasteiger partial charge < -0.3 is 5.32 Å². The zero-order chi connectivity index (χ0) is 11.5. The maximum Gasteiger partial charge on any atom is 0.115 e. The fourth-order valence-corrected chi connectivity index (χ4v) is 1.74. The molecule has 2 rings (SSSR count). The molecule has 0 saturated heterocycles. The Morgan fingerprint density at radius 1 is 1.31 bits per heavy atom. The van der Waals surface area contributed by atoms with Crippen molar-refractivity contribution in [3.05, 3.63) is 36.2 Å². The molecule has 0 spiro atoms. The first-order valence-electron chi connectivity index (χ1n) is 5.18. The highest BCUT2D eigenvalue weighted by molar-refractivity contribution is 5.40. The Labute approximate surface area is 94.5 Å². The van der Waals surface area contributed by atoms with Crippen LogP contribution in [-0.2, 0) is 7.05 Å². The Morgan fingerprint density at radius 2 is 2.00 bits per heavy atom. The molecule has 2 aromatic rings. The Kier molecular flexibility index (Phi) is 2.85. The highest BCUT2D eigenvalue weighted by Gasteiger charge is 2.11. The number of hydrogen-bond donors (Lipinski definition) is 1. The monoisotopic (exact) mass is 217 g/mol. The van der Waals surface area contributed by atoms with E-state index in [0.29, 0.717) is 0 Å². The number of aryl methyl sites for hydroxylation is 2. The van der Waals surface area contributed by atoms with Crippen LogP contribution in [0.1, 0.15) is 24.2 Å². The van der Waals surface area contributed by atoms with Gasteiger partial charge in [-0.1, -0.05) is 0 Å². The van der Waals surface area contributed by atoms with Crippen molar-refractivity contribution in [1.29, 1.82) is 0 Å². The first-order chi connectivity index (χ1) is 7.66.